The fraction of sp³-hybridized carbons (Fsp3) is 0.261. The second-order valence-corrected chi connectivity index (χ2v) is 7.80. The highest BCUT2D eigenvalue weighted by Gasteiger charge is 2.21. The summed E-state index contributed by atoms with van der Waals surface area (Å²) in [5.41, 5.74) is 5.30. The normalized spacial score (nSPS) is 11.7. The van der Waals surface area contributed by atoms with Crippen LogP contribution in [-0.2, 0) is 16.0 Å². The first-order valence-electron chi connectivity index (χ1n) is 9.51. The number of amides is 1. The number of benzene rings is 2. The van der Waals surface area contributed by atoms with Crippen molar-refractivity contribution >= 4 is 28.3 Å². The lowest BCUT2D eigenvalue weighted by molar-refractivity contribution is -0.123. The molecule has 0 aliphatic rings. The predicted molar refractivity (Wildman–Crippen MR) is 116 cm³/mol. The second-order valence-electron chi connectivity index (χ2n) is 6.94. The number of hydrogen-bond donors (Lipinski definition) is 1. The van der Waals surface area contributed by atoms with Crippen LogP contribution in [-0.4, -0.2) is 23.0 Å². The van der Waals surface area contributed by atoms with Crippen molar-refractivity contribution in [1.82, 2.24) is 4.98 Å². The maximum Gasteiger partial charge on any atom is 0.339 e. The monoisotopic (exact) mass is 408 g/mol. The van der Waals surface area contributed by atoms with Gasteiger partial charge in [0.1, 0.15) is 0 Å². The molecule has 3 rings (SSSR count). The standard InChI is InChI=1S/C23H24N2O3S/c1-5-17-8-10-18(11-9-17)20-13-29-23(24-20)25-21(26)16(4)28-22(27)19-12-14(2)6-7-15(19)3/h6-13,16H,5H2,1-4H3,(H,24,25,26)/t16-/m0/s1. The Morgan fingerprint density at radius 2 is 1.86 bits per heavy atom. The van der Waals surface area contributed by atoms with Crippen LogP contribution in [0.1, 0.15) is 40.9 Å². The van der Waals surface area contributed by atoms with Gasteiger partial charge < -0.3 is 4.74 Å². The average molecular weight is 409 g/mol. The van der Waals surface area contributed by atoms with E-state index in [1.54, 1.807) is 13.0 Å². The van der Waals surface area contributed by atoms with Crippen molar-refractivity contribution in [2.45, 2.75) is 40.2 Å². The molecular weight excluding hydrogens is 384 g/mol. The Bertz CT molecular complexity index is 1020. The maximum atomic E-state index is 12.4. The van der Waals surface area contributed by atoms with Crippen molar-refractivity contribution in [2.24, 2.45) is 0 Å². The quantitative estimate of drug-likeness (QED) is 0.571. The number of anilines is 1. The number of esters is 1. The summed E-state index contributed by atoms with van der Waals surface area (Å²) >= 11 is 1.34. The van der Waals surface area contributed by atoms with Gasteiger partial charge in [-0.25, -0.2) is 9.78 Å². The number of carbonyl (C=O) groups is 2. The van der Waals surface area contributed by atoms with Crippen LogP contribution in [0.15, 0.2) is 47.8 Å². The van der Waals surface area contributed by atoms with Crippen LogP contribution < -0.4 is 5.32 Å². The van der Waals surface area contributed by atoms with Gasteiger partial charge in [-0.2, -0.15) is 0 Å². The molecule has 1 amide bonds. The summed E-state index contributed by atoms with van der Waals surface area (Å²) in [5.74, 6) is -0.921. The first-order valence-corrected chi connectivity index (χ1v) is 10.4. The van der Waals surface area contributed by atoms with E-state index < -0.39 is 18.0 Å². The van der Waals surface area contributed by atoms with Crippen molar-refractivity contribution in [3.63, 3.8) is 0 Å². The molecule has 0 radical (unpaired) electrons. The first-order chi connectivity index (χ1) is 13.9. The van der Waals surface area contributed by atoms with Crippen LogP contribution >= 0.6 is 11.3 Å². The van der Waals surface area contributed by atoms with Crippen LogP contribution in [0.4, 0.5) is 5.13 Å². The Morgan fingerprint density at radius 1 is 1.14 bits per heavy atom. The van der Waals surface area contributed by atoms with Gasteiger partial charge in [0.15, 0.2) is 11.2 Å². The molecule has 1 atom stereocenters. The fourth-order valence-corrected chi connectivity index (χ4v) is 3.54. The predicted octanol–water partition coefficient (Wildman–Crippen LogP) is 5.17. The number of nitrogens with zero attached hydrogens (tertiary/aromatic N) is 1. The summed E-state index contributed by atoms with van der Waals surface area (Å²) in [4.78, 5) is 29.3. The largest absolute Gasteiger partial charge is 0.449 e. The van der Waals surface area contributed by atoms with Crippen LogP contribution in [0.5, 0.6) is 0 Å². The van der Waals surface area contributed by atoms with Crippen molar-refractivity contribution < 1.29 is 14.3 Å². The van der Waals surface area contributed by atoms with Crippen molar-refractivity contribution in [3.05, 3.63) is 70.1 Å². The third-order valence-corrected chi connectivity index (χ3v) is 5.42. The second kappa shape index (κ2) is 9.01. The van der Waals surface area contributed by atoms with Crippen molar-refractivity contribution in [2.75, 3.05) is 5.32 Å². The molecular formula is C23H24N2O3S. The van der Waals surface area contributed by atoms with E-state index in [-0.39, 0.29) is 0 Å². The van der Waals surface area contributed by atoms with E-state index in [0.29, 0.717) is 10.7 Å². The number of hydrogen-bond acceptors (Lipinski definition) is 5. The molecule has 0 spiro atoms. The van der Waals surface area contributed by atoms with Gasteiger partial charge in [0.25, 0.3) is 5.91 Å². The van der Waals surface area contributed by atoms with Gasteiger partial charge in [-0.05, 0) is 44.4 Å². The first kappa shape index (κ1) is 20.7. The average Bonchev–Trinajstić information content (AvgIpc) is 3.18. The highest BCUT2D eigenvalue weighted by Crippen LogP contribution is 2.25. The zero-order chi connectivity index (χ0) is 21.0. The van der Waals surface area contributed by atoms with Gasteiger partial charge in [-0.3, -0.25) is 10.1 Å². The van der Waals surface area contributed by atoms with Gasteiger partial charge in [0.05, 0.1) is 11.3 Å². The van der Waals surface area contributed by atoms with E-state index in [1.807, 2.05) is 43.5 Å². The van der Waals surface area contributed by atoms with E-state index >= 15 is 0 Å². The minimum Gasteiger partial charge on any atom is -0.449 e. The van der Waals surface area contributed by atoms with Crippen LogP contribution in [0.2, 0.25) is 0 Å². The third kappa shape index (κ3) is 5.09. The molecule has 1 aromatic heterocycles. The molecule has 0 bridgehead atoms. The van der Waals surface area contributed by atoms with Crippen molar-refractivity contribution in [1.29, 1.82) is 0 Å². The molecule has 6 heteroatoms. The number of ether oxygens (including phenoxy) is 1. The van der Waals surface area contributed by atoms with E-state index in [9.17, 15) is 9.59 Å². The Hall–Kier alpha value is -2.99. The summed E-state index contributed by atoms with van der Waals surface area (Å²) < 4.78 is 5.35. The molecule has 150 valence electrons. The summed E-state index contributed by atoms with van der Waals surface area (Å²) in [6.07, 6.45) is 0.0516. The molecule has 1 heterocycles. The molecule has 1 N–H and O–H groups in total. The lowest BCUT2D eigenvalue weighted by atomic mass is 10.1. The molecule has 3 aromatic rings. The molecule has 0 saturated carbocycles. The summed E-state index contributed by atoms with van der Waals surface area (Å²) in [6.45, 7) is 7.41. The van der Waals surface area contributed by atoms with E-state index in [4.69, 9.17) is 4.74 Å². The molecule has 2 aromatic carbocycles. The molecule has 5 nitrogen and oxygen atoms in total. The lowest BCUT2D eigenvalue weighted by Crippen LogP contribution is -2.30. The van der Waals surface area contributed by atoms with Crippen LogP contribution in [0.3, 0.4) is 0 Å². The minimum absolute atomic E-state index is 0.411. The molecule has 0 saturated heterocycles. The Morgan fingerprint density at radius 3 is 2.55 bits per heavy atom. The number of rotatable bonds is 6. The molecule has 0 aliphatic heterocycles. The van der Waals surface area contributed by atoms with Gasteiger partial charge in [-0.1, -0.05) is 48.9 Å². The van der Waals surface area contributed by atoms with Crippen LogP contribution in [0.25, 0.3) is 11.3 Å². The summed E-state index contributed by atoms with van der Waals surface area (Å²) in [7, 11) is 0. The van der Waals surface area contributed by atoms with Crippen LogP contribution in [0, 0.1) is 13.8 Å². The minimum atomic E-state index is -0.932. The topological polar surface area (TPSA) is 68.3 Å². The van der Waals surface area contributed by atoms with E-state index in [0.717, 1.165) is 28.8 Å². The lowest BCUT2D eigenvalue weighted by Gasteiger charge is -2.13. The number of nitrogens with one attached hydrogen (secondary N) is 1. The zero-order valence-electron chi connectivity index (χ0n) is 17.0. The zero-order valence-corrected chi connectivity index (χ0v) is 17.8. The smallest absolute Gasteiger partial charge is 0.339 e. The highest BCUT2D eigenvalue weighted by atomic mass is 32.1. The molecule has 0 fully saturated rings. The van der Waals surface area contributed by atoms with E-state index in [2.05, 4.69) is 29.4 Å². The van der Waals surface area contributed by atoms with Gasteiger partial charge in [0.2, 0.25) is 0 Å². The Labute approximate surface area is 174 Å². The number of aryl methyl sites for hydroxylation is 3. The summed E-state index contributed by atoms with van der Waals surface area (Å²) in [6, 6.07) is 13.7. The van der Waals surface area contributed by atoms with Gasteiger partial charge in [0, 0.05) is 10.9 Å². The highest BCUT2D eigenvalue weighted by molar-refractivity contribution is 7.14. The molecule has 0 unspecified atom stereocenters. The molecule has 0 aliphatic carbocycles. The number of aromatic nitrogens is 1. The number of carbonyl (C=O) groups excluding carboxylic acids is 2. The van der Waals surface area contributed by atoms with E-state index in [1.165, 1.54) is 16.9 Å². The Balaban J connectivity index is 1.63. The summed E-state index contributed by atoms with van der Waals surface area (Å²) in [5, 5.41) is 5.09. The third-order valence-electron chi connectivity index (χ3n) is 4.66. The molecule has 29 heavy (non-hydrogen) atoms. The SMILES string of the molecule is CCc1ccc(-c2csc(NC(=O)[C@H](C)OC(=O)c3cc(C)ccc3C)n2)cc1. The van der Waals surface area contributed by atoms with Gasteiger partial charge >= 0.3 is 5.97 Å². The number of thiazole rings is 1. The fourth-order valence-electron chi connectivity index (χ4n) is 2.82. The van der Waals surface area contributed by atoms with Crippen molar-refractivity contribution in [3.8, 4) is 11.3 Å². The van der Waals surface area contributed by atoms with Gasteiger partial charge in [-0.15, -0.1) is 11.3 Å². The maximum absolute atomic E-state index is 12.4. The Kier molecular flexibility index (Phi) is 6.44.